The van der Waals surface area contributed by atoms with Gasteiger partial charge in [-0.3, -0.25) is 0 Å². The first kappa shape index (κ1) is 11.0. The number of rotatable bonds is 2. The van der Waals surface area contributed by atoms with Crippen LogP contribution in [-0.4, -0.2) is 23.6 Å². The number of imidazole rings is 1. The van der Waals surface area contributed by atoms with Crippen LogP contribution in [0.3, 0.4) is 0 Å². The Labute approximate surface area is 100 Å². The first-order chi connectivity index (χ1) is 7.58. The SMILES string of the molecule is CN(C)c1nc(-c2ccc(Cl)cc2)cn1C. The molecule has 0 N–H and O–H groups in total. The lowest BCUT2D eigenvalue weighted by Gasteiger charge is -2.09. The van der Waals surface area contributed by atoms with E-state index in [1.807, 2.05) is 61.1 Å². The Bertz CT molecular complexity index is 485. The summed E-state index contributed by atoms with van der Waals surface area (Å²) in [6.45, 7) is 0. The van der Waals surface area contributed by atoms with Crippen molar-refractivity contribution in [2.45, 2.75) is 0 Å². The van der Waals surface area contributed by atoms with Gasteiger partial charge in [0, 0.05) is 37.9 Å². The molecule has 1 heterocycles. The molecular formula is C12H14ClN3. The third kappa shape index (κ3) is 2.04. The van der Waals surface area contributed by atoms with E-state index >= 15 is 0 Å². The van der Waals surface area contributed by atoms with Crippen LogP contribution < -0.4 is 4.90 Å². The molecule has 2 rings (SSSR count). The van der Waals surface area contributed by atoms with Gasteiger partial charge in [-0.25, -0.2) is 4.98 Å². The van der Waals surface area contributed by atoms with Crippen LogP contribution in [0.2, 0.25) is 5.02 Å². The van der Waals surface area contributed by atoms with Gasteiger partial charge >= 0.3 is 0 Å². The fourth-order valence-electron chi connectivity index (χ4n) is 1.63. The highest BCUT2D eigenvalue weighted by molar-refractivity contribution is 6.30. The maximum absolute atomic E-state index is 5.85. The number of hydrogen-bond acceptors (Lipinski definition) is 2. The largest absolute Gasteiger partial charge is 0.348 e. The highest BCUT2D eigenvalue weighted by Crippen LogP contribution is 2.22. The van der Waals surface area contributed by atoms with E-state index in [0.29, 0.717) is 0 Å². The van der Waals surface area contributed by atoms with Gasteiger partial charge in [-0.05, 0) is 12.1 Å². The second kappa shape index (κ2) is 4.18. The third-order valence-corrected chi connectivity index (χ3v) is 2.64. The van der Waals surface area contributed by atoms with Gasteiger partial charge in [0.05, 0.1) is 5.69 Å². The van der Waals surface area contributed by atoms with Gasteiger partial charge in [0.25, 0.3) is 0 Å². The zero-order valence-corrected chi connectivity index (χ0v) is 10.4. The lowest BCUT2D eigenvalue weighted by atomic mass is 10.2. The predicted molar refractivity (Wildman–Crippen MR) is 68.0 cm³/mol. The molecule has 0 spiro atoms. The van der Waals surface area contributed by atoms with Crippen molar-refractivity contribution >= 4 is 17.5 Å². The maximum atomic E-state index is 5.85. The molecule has 0 radical (unpaired) electrons. The monoisotopic (exact) mass is 235 g/mol. The summed E-state index contributed by atoms with van der Waals surface area (Å²) >= 11 is 5.85. The van der Waals surface area contributed by atoms with Crippen LogP contribution in [0.4, 0.5) is 5.95 Å². The molecule has 0 fully saturated rings. The molecule has 2 aromatic rings. The number of aromatic nitrogens is 2. The average molecular weight is 236 g/mol. The van der Waals surface area contributed by atoms with E-state index in [-0.39, 0.29) is 0 Å². The van der Waals surface area contributed by atoms with Gasteiger partial charge < -0.3 is 9.47 Å². The normalized spacial score (nSPS) is 10.5. The van der Waals surface area contributed by atoms with Crippen molar-refractivity contribution in [1.29, 1.82) is 0 Å². The molecule has 0 saturated heterocycles. The average Bonchev–Trinajstić information content (AvgIpc) is 2.61. The van der Waals surface area contributed by atoms with Gasteiger partial charge in [0.1, 0.15) is 0 Å². The summed E-state index contributed by atoms with van der Waals surface area (Å²) in [5.74, 6) is 0.935. The Kier molecular flexibility index (Phi) is 2.88. The van der Waals surface area contributed by atoms with Crippen LogP contribution in [0.25, 0.3) is 11.3 Å². The molecule has 1 aromatic heterocycles. The standard InChI is InChI=1S/C12H14ClN3/c1-15(2)12-14-11(8-16(12)3)9-4-6-10(13)7-5-9/h4-8H,1-3H3. The number of anilines is 1. The fraction of sp³-hybridized carbons (Fsp3) is 0.250. The topological polar surface area (TPSA) is 21.1 Å². The molecule has 0 aliphatic rings. The molecule has 4 heteroatoms. The van der Waals surface area contributed by atoms with Crippen LogP contribution in [-0.2, 0) is 7.05 Å². The van der Waals surface area contributed by atoms with Crippen molar-refractivity contribution in [2.75, 3.05) is 19.0 Å². The Balaban J connectivity index is 2.41. The molecule has 16 heavy (non-hydrogen) atoms. The van der Waals surface area contributed by atoms with Crippen LogP contribution >= 0.6 is 11.6 Å². The smallest absolute Gasteiger partial charge is 0.205 e. The lowest BCUT2D eigenvalue weighted by molar-refractivity contribution is 0.867. The van der Waals surface area contributed by atoms with E-state index in [4.69, 9.17) is 11.6 Å². The van der Waals surface area contributed by atoms with Gasteiger partial charge in [-0.2, -0.15) is 0 Å². The van der Waals surface area contributed by atoms with Crippen molar-refractivity contribution in [3.05, 3.63) is 35.5 Å². The van der Waals surface area contributed by atoms with Crippen LogP contribution in [0, 0.1) is 0 Å². The molecule has 0 aliphatic heterocycles. The van der Waals surface area contributed by atoms with Gasteiger partial charge in [-0.15, -0.1) is 0 Å². The second-order valence-electron chi connectivity index (χ2n) is 3.94. The zero-order chi connectivity index (χ0) is 11.7. The first-order valence-corrected chi connectivity index (χ1v) is 5.42. The minimum Gasteiger partial charge on any atom is -0.348 e. The van der Waals surface area contributed by atoms with Crippen molar-refractivity contribution in [3.8, 4) is 11.3 Å². The fourth-order valence-corrected chi connectivity index (χ4v) is 1.76. The van der Waals surface area contributed by atoms with E-state index in [2.05, 4.69) is 4.98 Å². The molecule has 0 saturated carbocycles. The van der Waals surface area contributed by atoms with Crippen molar-refractivity contribution in [1.82, 2.24) is 9.55 Å². The van der Waals surface area contributed by atoms with E-state index < -0.39 is 0 Å². The van der Waals surface area contributed by atoms with Gasteiger partial charge in [0.15, 0.2) is 0 Å². The van der Waals surface area contributed by atoms with E-state index in [0.717, 1.165) is 22.2 Å². The molecule has 84 valence electrons. The molecule has 0 amide bonds. The Hall–Kier alpha value is -1.48. The van der Waals surface area contributed by atoms with E-state index in [9.17, 15) is 0 Å². The van der Waals surface area contributed by atoms with Crippen LogP contribution in [0.1, 0.15) is 0 Å². The number of nitrogens with zero attached hydrogens (tertiary/aromatic N) is 3. The molecule has 0 bridgehead atoms. The Morgan fingerprint density at radius 3 is 2.31 bits per heavy atom. The Morgan fingerprint density at radius 1 is 1.19 bits per heavy atom. The van der Waals surface area contributed by atoms with E-state index in [1.165, 1.54) is 0 Å². The minimum absolute atomic E-state index is 0.743. The van der Waals surface area contributed by atoms with Crippen molar-refractivity contribution < 1.29 is 0 Å². The highest BCUT2D eigenvalue weighted by Gasteiger charge is 2.08. The van der Waals surface area contributed by atoms with Crippen LogP contribution in [0.15, 0.2) is 30.5 Å². The lowest BCUT2D eigenvalue weighted by Crippen LogP contribution is -2.13. The summed E-state index contributed by atoms with van der Waals surface area (Å²) in [7, 11) is 5.95. The van der Waals surface area contributed by atoms with Crippen LogP contribution in [0.5, 0.6) is 0 Å². The molecule has 0 aliphatic carbocycles. The van der Waals surface area contributed by atoms with Gasteiger partial charge in [0.2, 0.25) is 5.95 Å². The zero-order valence-electron chi connectivity index (χ0n) is 9.61. The first-order valence-electron chi connectivity index (χ1n) is 5.04. The molecule has 0 unspecified atom stereocenters. The number of aryl methyl sites for hydroxylation is 1. The summed E-state index contributed by atoms with van der Waals surface area (Å²) in [5.41, 5.74) is 2.04. The number of benzene rings is 1. The summed E-state index contributed by atoms with van der Waals surface area (Å²) in [6.07, 6.45) is 2.01. The number of halogens is 1. The summed E-state index contributed by atoms with van der Waals surface area (Å²) < 4.78 is 2.00. The summed E-state index contributed by atoms with van der Waals surface area (Å²) in [4.78, 5) is 6.54. The van der Waals surface area contributed by atoms with Crippen molar-refractivity contribution in [2.24, 2.45) is 7.05 Å². The Morgan fingerprint density at radius 2 is 1.81 bits per heavy atom. The molecule has 0 atom stereocenters. The molecule has 1 aromatic carbocycles. The number of hydrogen-bond donors (Lipinski definition) is 0. The van der Waals surface area contributed by atoms with Crippen molar-refractivity contribution in [3.63, 3.8) is 0 Å². The summed E-state index contributed by atoms with van der Waals surface area (Å²) in [6, 6.07) is 7.70. The van der Waals surface area contributed by atoms with Gasteiger partial charge in [-0.1, -0.05) is 23.7 Å². The second-order valence-corrected chi connectivity index (χ2v) is 4.37. The summed E-state index contributed by atoms with van der Waals surface area (Å²) in [5, 5.41) is 0.743. The maximum Gasteiger partial charge on any atom is 0.205 e. The van der Waals surface area contributed by atoms with E-state index in [1.54, 1.807) is 0 Å². The quantitative estimate of drug-likeness (QED) is 0.798. The predicted octanol–water partition coefficient (Wildman–Crippen LogP) is 2.81. The molecular weight excluding hydrogens is 222 g/mol. The highest BCUT2D eigenvalue weighted by atomic mass is 35.5. The third-order valence-electron chi connectivity index (χ3n) is 2.39. The molecule has 3 nitrogen and oxygen atoms in total. The minimum atomic E-state index is 0.743.